The molecule has 0 spiro atoms. The molecule has 0 aliphatic rings. The lowest BCUT2D eigenvalue weighted by Gasteiger charge is -1.97. The van der Waals surface area contributed by atoms with Crippen LogP contribution in [0, 0.1) is 0 Å². The monoisotopic (exact) mass is 190 g/mol. The van der Waals surface area contributed by atoms with E-state index in [-0.39, 0.29) is 6.67 Å². The van der Waals surface area contributed by atoms with Crippen molar-refractivity contribution in [3.05, 3.63) is 12.2 Å². The lowest BCUT2D eigenvalue weighted by atomic mass is 10.2. The highest BCUT2D eigenvalue weighted by Crippen LogP contribution is 2.13. The third-order valence-corrected chi connectivity index (χ3v) is 2.96. The second-order valence-electron chi connectivity index (χ2n) is 2.89. The van der Waals surface area contributed by atoms with E-state index in [1.54, 1.807) is 6.08 Å². The fraction of sp³-hybridized carbons (Fsp3) is 0.800. The van der Waals surface area contributed by atoms with Crippen molar-refractivity contribution in [2.24, 2.45) is 0 Å². The van der Waals surface area contributed by atoms with E-state index in [0.29, 0.717) is 0 Å². The van der Waals surface area contributed by atoms with E-state index in [1.165, 1.54) is 31.8 Å². The molecule has 1 unspecified atom stereocenters. The quantitative estimate of drug-likeness (QED) is 0.310. The normalized spacial score (nSPS) is 12.2. The zero-order valence-corrected chi connectivity index (χ0v) is 8.98. The van der Waals surface area contributed by atoms with Gasteiger partial charge in [-0.1, -0.05) is 38.3 Å². The van der Waals surface area contributed by atoms with Gasteiger partial charge in [0.05, 0.1) is 0 Å². The maximum atomic E-state index is 11.6. The van der Waals surface area contributed by atoms with Crippen LogP contribution in [-0.2, 0) is 0 Å². The minimum absolute atomic E-state index is 0.305. The fourth-order valence-corrected chi connectivity index (χ4v) is 2.05. The van der Waals surface area contributed by atoms with E-state index < -0.39 is 0 Å². The molecule has 0 aliphatic heterocycles. The minimum atomic E-state index is -0.305. The van der Waals surface area contributed by atoms with Gasteiger partial charge < -0.3 is 0 Å². The predicted molar refractivity (Wildman–Crippen MR) is 57.3 cm³/mol. The van der Waals surface area contributed by atoms with Gasteiger partial charge in [0.15, 0.2) is 0 Å². The average molecular weight is 190 g/mol. The van der Waals surface area contributed by atoms with Crippen LogP contribution < -0.4 is 0 Å². The summed E-state index contributed by atoms with van der Waals surface area (Å²) >= 11 is 0. The Morgan fingerprint density at radius 3 is 2.67 bits per heavy atom. The molecule has 0 bridgehead atoms. The largest absolute Gasteiger partial charge is 0.247 e. The molecule has 1 atom stereocenters. The molecule has 0 rings (SSSR count). The van der Waals surface area contributed by atoms with Gasteiger partial charge in [-0.25, -0.2) is 4.39 Å². The molecular weight excluding hydrogens is 170 g/mol. The number of rotatable bonds is 8. The molecule has 0 heterocycles. The minimum Gasteiger partial charge on any atom is -0.247 e. The Labute approximate surface area is 77.4 Å². The zero-order chi connectivity index (χ0) is 9.07. The van der Waals surface area contributed by atoms with Gasteiger partial charge in [0.1, 0.15) is 6.67 Å². The van der Waals surface area contributed by atoms with Crippen LogP contribution >= 0.6 is 8.58 Å². The van der Waals surface area contributed by atoms with Crippen molar-refractivity contribution >= 4 is 8.58 Å². The van der Waals surface area contributed by atoms with Crippen LogP contribution in [0.4, 0.5) is 4.39 Å². The number of halogens is 1. The third kappa shape index (κ3) is 10.1. The Hall–Kier alpha value is 0.100. The second kappa shape index (κ2) is 11.1. The predicted octanol–water partition coefficient (Wildman–Crippen LogP) is 3.77. The van der Waals surface area contributed by atoms with Crippen LogP contribution in [0.3, 0.4) is 0 Å². The van der Waals surface area contributed by atoms with Crippen LogP contribution in [-0.4, -0.2) is 19.0 Å². The Balaban J connectivity index is 2.86. The average Bonchev–Trinajstić information content (AvgIpc) is 2.10. The molecular formula is C10H20FP. The maximum Gasteiger partial charge on any atom is 0.108 e. The SMILES string of the molecule is CCCCCCPCC=CCF. The summed E-state index contributed by atoms with van der Waals surface area (Å²) < 4.78 is 11.6. The molecule has 0 saturated heterocycles. The Bertz CT molecular complexity index is 102. The summed E-state index contributed by atoms with van der Waals surface area (Å²) in [5.41, 5.74) is 0. The molecule has 0 aromatic rings. The Morgan fingerprint density at radius 1 is 1.17 bits per heavy atom. The summed E-state index contributed by atoms with van der Waals surface area (Å²) in [6, 6.07) is 0. The van der Waals surface area contributed by atoms with Gasteiger partial charge >= 0.3 is 0 Å². The van der Waals surface area contributed by atoms with Crippen LogP contribution in [0.2, 0.25) is 0 Å². The highest BCUT2D eigenvalue weighted by atomic mass is 31.1. The molecule has 0 amide bonds. The van der Waals surface area contributed by atoms with Gasteiger partial charge in [-0.05, 0) is 18.7 Å². The first-order chi connectivity index (χ1) is 5.91. The summed E-state index contributed by atoms with van der Waals surface area (Å²) in [6.07, 6.45) is 11.4. The standard InChI is InChI=1S/C10H20FP/c1-2-3-4-6-9-12-10-7-5-8-11/h5,7,12H,2-4,6,8-10H2,1H3. The van der Waals surface area contributed by atoms with E-state index in [4.69, 9.17) is 0 Å². The number of hydrogen-bond donors (Lipinski definition) is 0. The summed E-state index contributed by atoms with van der Waals surface area (Å²) in [4.78, 5) is 0. The number of hydrogen-bond acceptors (Lipinski definition) is 0. The summed E-state index contributed by atoms with van der Waals surface area (Å²) in [5.74, 6) is 0. The van der Waals surface area contributed by atoms with Crippen LogP contribution in [0.5, 0.6) is 0 Å². The molecule has 0 fully saturated rings. The lowest BCUT2D eigenvalue weighted by molar-refractivity contribution is 0.561. The van der Waals surface area contributed by atoms with Crippen molar-refractivity contribution in [1.82, 2.24) is 0 Å². The maximum absolute atomic E-state index is 11.6. The lowest BCUT2D eigenvalue weighted by Crippen LogP contribution is -1.79. The first kappa shape index (κ1) is 12.1. The Kier molecular flexibility index (Phi) is 11.2. The van der Waals surface area contributed by atoms with E-state index >= 15 is 0 Å². The van der Waals surface area contributed by atoms with Crippen molar-refractivity contribution in [2.75, 3.05) is 19.0 Å². The molecule has 72 valence electrons. The smallest absolute Gasteiger partial charge is 0.108 e. The van der Waals surface area contributed by atoms with Crippen molar-refractivity contribution in [3.63, 3.8) is 0 Å². The highest BCUT2D eigenvalue weighted by Gasteiger charge is 1.87. The van der Waals surface area contributed by atoms with Crippen LogP contribution in [0.15, 0.2) is 12.2 Å². The van der Waals surface area contributed by atoms with Crippen molar-refractivity contribution in [2.45, 2.75) is 32.6 Å². The molecule has 0 nitrogen and oxygen atoms in total. The van der Waals surface area contributed by atoms with E-state index in [9.17, 15) is 4.39 Å². The fourth-order valence-electron chi connectivity index (χ4n) is 1.01. The molecule has 0 saturated carbocycles. The highest BCUT2D eigenvalue weighted by molar-refractivity contribution is 7.38. The zero-order valence-electron chi connectivity index (χ0n) is 7.98. The molecule has 0 N–H and O–H groups in total. The van der Waals surface area contributed by atoms with Gasteiger partial charge in [0, 0.05) is 0 Å². The molecule has 0 aromatic carbocycles. The summed E-state index contributed by atoms with van der Waals surface area (Å²) in [6.45, 7) is 1.92. The van der Waals surface area contributed by atoms with E-state index in [0.717, 1.165) is 14.7 Å². The summed E-state index contributed by atoms with van der Waals surface area (Å²) in [5, 5.41) is 0. The van der Waals surface area contributed by atoms with Crippen molar-refractivity contribution < 1.29 is 4.39 Å². The third-order valence-electron chi connectivity index (χ3n) is 1.73. The van der Waals surface area contributed by atoms with Crippen LogP contribution in [0.1, 0.15) is 32.6 Å². The number of unbranched alkanes of at least 4 members (excludes halogenated alkanes) is 3. The van der Waals surface area contributed by atoms with Crippen LogP contribution in [0.25, 0.3) is 0 Å². The molecule has 0 radical (unpaired) electrons. The van der Waals surface area contributed by atoms with E-state index in [2.05, 4.69) is 6.92 Å². The molecule has 0 aliphatic carbocycles. The number of alkyl halides is 1. The Morgan fingerprint density at radius 2 is 2.00 bits per heavy atom. The van der Waals surface area contributed by atoms with Gasteiger partial charge in [-0.15, -0.1) is 8.58 Å². The van der Waals surface area contributed by atoms with E-state index in [1.807, 2.05) is 6.08 Å². The first-order valence-corrected chi connectivity index (χ1v) is 6.25. The molecule has 12 heavy (non-hydrogen) atoms. The van der Waals surface area contributed by atoms with Crippen molar-refractivity contribution in [1.29, 1.82) is 0 Å². The second-order valence-corrected chi connectivity index (χ2v) is 4.30. The molecule has 2 heteroatoms. The summed E-state index contributed by atoms with van der Waals surface area (Å²) in [7, 11) is 1.000. The van der Waals surface area contributed by atoms with Gasteiger partial charge in [-0.2, -0.15) is 0 Å². The topological polar surface area (TPSA) is 0 Å². The first-order valence-electron chi connectivity index (χ1n) is 4.83. The van der Waals surface area contributed by atoms with Crippen molar-refractivity contribution in [3.8, 4) is 0 Å². The van der Waals surface area contributed by atoms with Gasteiger partial charge in [-0.3, -0.25) is 0 Å². The number of allylic oxidation sites excluding steroid dienone is 2. The molecule has 0 aromatic heterocycles. The van der Waals surface area contributed by atoms with Gasteiger partial charge in [0.25, 0.3) is 0 Å². The van der Waals surface area contributed by atoms with Gasteiger partial charge in [0.2, 0.25) is 0 Å².